The maximum absolute atomic E-state index is 12.0. The van der Waals surface area contributed by atoms with Gasteiger partial charge in [-0.25, -0.2) is 0 Å². The number of benzene rings is 1. The lowest BCUT2D eigenvalue weighted by atomic mass is 9.86. The smallest absolute Gasteiger partial charge is 0.224 e. The first-order chi connectivity index (χ1) is 8.70. The molecule has 1 amide bonds. The van der Waals surface area contributed by atoms with Crippen molar-refractivity contribution in [3.8, 4) is 0 Å². The van der Waals surface area contributed by atoms with Crippen molar-refractivity contribution in [3.05, 3.63) is 27.8 Å². The first kappa shape index (κ1) is 12.5. The van der Waals surface area contributed by atoms with Gasteiger partial charge in [0, 0.05) is 15.7 Å². The van der Waals surface area contributed by atoms with E-state index in [1.807, 2.05) is 24.3 Å². The molecule has 3 unspecified atom stereocenters. The van der Waals surface area contributed by atoms with Gasteiger partial charge in [-0.15, -0.1) is 0 Å². The van der Waals surface area contributed by atoms with E-state index in [1.165, 1.54) is 25.7 Å². The Morgan fingerprint density at radius 1 is 1.33 bits per heavy atom. The maximum atomic E-state index is 12.0. The van der Waals surface area contributed by atoms with E-state index in [0.717, 1.165) is 21.1 Å². The molecule has 3 atom stereocenters. The molecule has 0 heterocycles. The van der Waals surface area contributed by atoms with Crippen LogP contribution in [0.4, 0.5) is 5.69 Å². The van der Waals surface area contributed by atoms with Gasteiger partial charge in [-0.2, -0.15) is 0 Å². The number of nitrogens with one attached hydrogen (secondary N) is 1. The number of carbonyl (C=O) groups is 1. The van der Waals surface area contributed by atoms with E-state index in [9.17, 15) is 4.79 Å². The minimum atomic E-state index is 0.189. The SMILES string of the molecule is O=C(CC1CC2CCC1C2)Nc1cccc(I)c1. The highest BCUT2D eigenvalue weighted by Crippen LogP contribution is 2.49. The normalized spacial score (nSPS) is 29.5. The van der Waals surface area contributed by atoms with Crippen LogP contribution in [0.25, 0.3) is 0 Å². The molecular formula is C15H18INO. The van der Waals surface area contributed by atoms with Crippen molar-refractivity contribution in [2.45, 2.75) is 32.1 Å². The molecule has 0 saturated heterocycles. The number of halogens is 1. The van der Waals surface area contributed by atoms with E-state index in [-0.39, 0.29) is 5.91 Å². The molecule has 18 heavy (non-hydrogen) atoms. The summed E-state index contributed by atoms with van der Waals surface area (Å²) in [6.45, 7) is 0. The molecule has 1 aromatic rings. The lowest BCUT2D eigenvalue weighted by Crippen LogP contribution is -2.20. The van der Waals surface area contributed by atoms with Crippen LogP contribution in [0.1, 0.15) is 32.1 Å². The Morgan fingerprint density at radius 3 is 2.89 bits per heavy atom. The summed E-state index contributed by atoms with van der Waals surface area (Å²) < 4.78 is 1.16. The Morgan fingerprint density at radius 2 is 2.22 bits per heavy atom. The van der Waals surface area contributed by atoms with Gasteiger partial charge in [0.05, 0.1) is 0 Å². The fraction of sp³-hybridized carbons (Fsp3) is 0.533. The summed E-state index contributed by atoms with van der Waals surface area (Å²) in [6, 6.07) is 7.99. The number of fused-ring (bicyclic) bond motifs is 2. The first-order valence-electron chi connectivity index (χ1n) is 6.76. The van der Waals surface area contributed by atoms with Crippen molar-refractivity contribution in [1.82, 2.24) is 0 Å². The van der Waals surface area contributed by atoms with Crippen LogP contribution >= 0.6 is 22.6 Å². The van der Waals surface area contributed by atoms with Crippen LogP contribution in [-0.4, -0.2) is 5.91 Å². The zero-order chi connectivity index (χ0) is 12.5. The summed E-state index contributed by atoms with van der Waals surface area (Å²) in [5.41, 5.74) is 0.926. The zero-order valence-electron chi connectivity index (χ0n) is 10.4. The molecule has 2 aliphatic rings. The fourth-order valence-corrected chi connectivity index (χ4v) is 4.19. The van der Waals surface area contributed by atoms with Crippen LogP contribution in [0.2, 0.25) is 0 Å². The van der Waals surface area contributed by atoms with E-state index >= 15 is 0 Å². The van der Waals surface area contributed by atoms with E-state index in [2.05, 4.69) is 27.9 Å². The van der Waals surface area contributed by atoms with Gasteiger partial charge >= 0.3 is 0 Å². The van der Waals surface area contributed by atoms with E-state index in [4.69, 9.17) is 0 Å². The van der Waals surface area contributed by atoms with Gasteiger partial charge in [0.2, 0.25) is 5.91 Å². The third kappa shape index (κ3) is 2.71. The first-order valence-corrected chi connectivity index (χ1v) is 7.84. The maximum Gasteiger partial charge on any atom is 0.224 e. The standard InChI is InChI=1S/C15H18INO/c16-13-2-1-3-14(9-13)17-15(18)8-12-7-10-4-5-11(12)6-10/h1-3,9-12H,4-8H2,(H,17,18). The van der Waals surface area contributed by atoms with Gasteiger partial charge in [-0.05, 0) is 77.8 Å². The predicted octanol–water partition coefficient (Wildman–Crippen LogP) is 4.06. The third-order valence-electron chi connectivity index (χ3n) is 4.44. The van der Waals surface area contributed by atoms with E-state index in [0.29, 0.717) is 12.3 Å². The molecule has 96 valence electrons. The van der Waals surface area contributed by atoms with Gasteiger partial charge in [-0.1, -0.05) is 12.5 Å². The highest BCUT2D eigenvalue weighted by Gasteiger charge is 2.40. The number of hydrogen-bond acceptors (Lipinski definition) is 1. The van der Waals surface area contributed by atoms with Crippen molar-refractivity contribution in [2.75, 3.05) is 5.32 Å². The minimum Gasteiger partial charge on any atom is -0.326 e. The molecule has 2 bridgehead atoms. The highest BCUT2D eigenvalue weighted by atomic mass is 127. The summed E-state index contributed by atoms with van der Waals surface area (Å²) in [5, 5.41) is 3.03. The molecule has 0 radical (unpaired) electrons. The molecule has 2 nitrogen and oxygen atoms in total. The van der Waals surface area contributed by atoms with Crippen molar-refractivity contribution >= 4 is 34.2 Å². The van der Waals surface area contributed by atoms with Crippen molar-refractivity contribution in [2.24, 2.45) is 17.8 Å². The van der Waals surface area contributed by atoms with Crippen LogP contribution in [0.5, 0.6) is 0 Å². The minimum absolute atomic E-state index is 0.189. The van der Waals surface area contributed by atoms with Crippen LogP contribution in [0, 0.1) is 21.3 Å². The second-order valence-electron chi connectivity index (χ2n) is 5.70. The Balaban J connectivity index is 1.56. The van der Waals surface area contributed by atoms with E-state index in [1.54, 1.807) is 0 Å². The average Bonchev–Trinajstić information content (AvgIpc) is 2.90. The molecular weight excluding hydrogens is 337 g/mol. The molecule has 2 saturated carbocycles. The second-order valence-corrected chi connectivity index (χ2v) is 6.94. The number of rotatable bonds is 3. The number of amides is 1. The largest absolute Gasteiger partial charge is 0.326 e. The summed E-state index contributed by atoms with van der Waals surface area (Å²) >= 11 is 2.27. The van der Waals surface area contributed by atoms with Crippen molar-refractivity contribution in [3.63, 3.8) is 0 Å². The van der Waals surface area contributed by atoms with Crippen LogP contribution < -0.4 is 5.32 Å². The Hall–Kier alpha value is -0.580. The molecule has 3 rings (SSSR count). The topological polar surface area (TPSA) is 29.1 Å². The van der Waals surface area contributed by atoms with Gasteiger partial charge in [0.15, 0.2) is 0 Å². The fourth-order valence-electron chi connectivity index (χ4n) is 3.64. The quantitative estimate of drug-likeness (QED) is 0.815. The zero-order valence-corrected chi connectivity index (χ0v) is 12.5. The van der Waals surface area contributed by atoms with Crippen molar-refractivity contribution in [1.29, 1.82) is 0 Å². The Kier molecular flexibility index (Phi) is 3.59. The van der Waals surface area contributed by atoms with Crippen molar-refractivity contribution < 1.29 is 4.79 Å². The molecule has 0 spiro atoms. The Labute approximate surface area is 122 Å². The summed E-state index contributed by atoms with van der Waals surface area (Å²) in [5.74, 6) is 2.59. The average molecular weight is 355 g/mol. The van der Waals surface area contributed by atoms with Gasteiger partial charge in [-0.3, -0.25) is 4.79 Å². The number of hydrogen-bond donors (Lipinski definition) is 1. The summed E-state index contributed by atoms with van der Waals surface area (Å²) in [7, 11) is 0. The predicted molar refractivity (Wildman–Crippen MR) is 81.3 cm³/mol. The van der Waals surface area contributed by atoms with Gasteiger partial charge < -0.3 is 5.32 Å². The van der Waals surface area contributed by atoms with Crippen LogP contribution in [0.15, 0.2) is 24.3 Å². The lowest BCUT2D eigenvalue weighted by molar-refractivity contribution is -0.117. The summed E-state index contributed by atoms with van der Waals surface area (Å²) in [4.78, 5) is 12.0. The van der Waals surface area contributed by atoms with Crippen LogP contribution in [0.3, 0.4) is 0 Å². The van der Waals surface area contributed by atoms with E-state index < -0.39 is 0 Å². The Bertz CT molecular complexity index is 460. The summed E-state index contributed by atoms with van der Waals surface area (Å²) in [6.07, 6.45) is 6.13. The molecule has 1 N–H and O–H groups in total. The third-order valence-corrected chi connectivity index (χ3v) is 5.11. The monoisotopic (exact) mass is 355 g/mol. The molecule has 2 aliphatic carbocycles. The molecule has 0 aromatic heterocycles. The lowest BCUT2D eigenvalue weighted by Gasteiger charge is -2.20. The second kappa shape index (κ2) is 5.19. The molecule has 1 aromatic carbocycles. The molecule has 0 aliphatic heterocycles. The highest BCUT2D eigenvalue weighted by molar-refractivity contribution is 14.1. The number of anilines is 1. The van der Waals surface area contributed by atoms with Gasteiger partial charge in [0.25, 0.3) is 0 Å². The molecule has 2 fully saturated rings. The molecule has 3 heteroatoms. The number of carbonyl (C=O) groups excluding carboxylic acids is 1. The van der Waals surface area contributed by atoms with Crippen LogP contribution in [-0.2, 0) is 4.79 Å². The van der Waals surface area contributed by atoms with Gasteiger partial charge in [0.1, 0.15) is 0 Å².